The Kier molecular flexibility index (Phi) is 4.39. The van der Waals surface area contributed by atoms with Gasteiger partial charge < -0.3 is 10.0 Å². The van der Waals surface area contributed by atoms with Gasteiger partial charge in [-0.2, -0.15) is 0 Å². The van der Waals surface area contributed by atoms with Crippen LogP contribution in [0.1, 0.15) is 36.5 Å². The van der Waals surface area contributed by atoms with E-state index in [0.29, 0.717) is 28.0 Å². The molecule has 0 radical (unpaired) electrons. The Balaban J connectivity index is 2.35. The number of nitrogens with zero attached hydrogens (tertiary/aromatic N) is 1. The van der Waals surface area contributed by atoms with Gasteiger partial charge in [-0.1, -0.05) is 11.6 Å². The zero-order valence-corrected chi connectivity index (χ0v) is 13.4. The molecule has 0 spiro atoms. The second-order valence-corrected chi connectivity index (χ2v) is 6.38. The third-order valence-corrected chi connectivity index (χ3v) is 4.98. The molecule has 0 bridgehead atoms. The van der Waals surface area contributed by atoms with E-state index >= 15 is 0 Å². The first-order chi connectivity index (χ1) is 9.36. The van der Waals surface area contributed by atoms with E-state index in [4.69, 9.17) is 11.6 Å². The number of hydrogen-bond acceptors (Lipinski definition) is 2. The minimum absolute atomic E-state index is 0.271. The first-order valence-corrected chi connectivity index (χ1v) is 7.54. The fourth-order valence-corrected chi connectivity index (χ4v) is 2.95. The van der Waals surface area contributed by atoms with E-state index in [1.165, 1.54) is 4.90 Å². The smallest absolute Gasteiger partial charge is 0.329 e. The maximum absolute atomic E-state index is 12.6. The normalized spacial score (nSPS) is 22.6. The fraction of sp³-hybridized carbons (Fsp3) is 0.429. The minimum atomic E-state index is -1.14. The van der Waals surface area contributed by atoms with Crippen molar-refractivity contribution in [1.82, 2.24) is 4.90 Å². The number of carboxylic acids is 1. The third-order valence-electron chi connectivity index (χ3n) is 3.76. The molecule has 1 unspecified atom stereocenters. The van der Waals surface area contributed by atoms with Crippen molar-refractivity contribution in [1.29, 1.82) is 0 Å². The zero-order chi connectivity index (χ0) is 14.9. The molecule has 1 saturated heterocycles. The number of likely N-dealkylation sites (tertiary alicyclic amines) is 1. The quantitative estimate of drug-likeness (QED) is 0.877. The van der Waals surface area contributed by atoms with Crippen molar-refractivity contribution in [3.8, 4) is 0 Å². The Morgan fingerprint density at radius 2 is 2.10 bits per heavy atom. The molecule has 6 heteroatoms. The molecule has 1 aliphatic rings. The maximum Gasteiger partial charge on any atom is 0.329 e. The number of carboxylic acid groups (broad SMARTS) is 1. The molecule has 0 saturated carbocycles. The molecule has 1 atom stereocenters. The van der Waals surface area contributed by atoms with E-state index < -0.39 is 11.5 Å². The predicted octanol–water partition coefficient (Wildman–Crippen LogP) is 3.57. The van der Waals surface area contributed by atoms with Gasteiger partial charge in [-0.3, -0.25) is 4.79 Å². The summed E-state index contributed by atoms with van der Waals surface area (Å²) >= 11 is 9.19. The maximum atomic E-state index is 12.6. The summed E-state index contributed by atoms with van der Waals surface area (Å²) in [6.07, 6.45) is 2.11. The number of rotatable bonds is 2. The number of halogens is 2. The lowest BCUT2D eigenvalue weighted by atomic mass is 9.88. The molecule has 1 aromatic rings. The van der Waals surface area contributed by atoms with Gasteiger partial charge in [0, 0.05) is 16.6 Å². The van der Waals surface area contributed by atoms with Crippen LogP contribution in [-0.4, -0.2) is 34.0 Å². The van der Waals surface area contributed by atoms with E-state index in [1.54, 1.807) is 25.1 Å². The molecule has 1 heterocycles. The van der Waals surface area contributed by atoms with Gasteiger partial charge in [-0.25, -0.2) is 4.79 Å². The predicted molar refractivity (Wildman–Crippen MR) is 80.1 cm³/mol. The van der Waals surface area contributed by atoms with E-state index in [-0.39, 0.29) is 5.91 Å². The van der Waals surface area contributed by atoms with Crippen LogP contribution in [0.5, 0.6) is 0 Å². The number of carbonyl (C=O) groups excluding carboxylic acids is 1. The summed E-state index contributed by atoms with van der Waals surface area (Å²) in [6.45, 7) is 2.07. The summed E-state index contributed by atoms with van der Waals surface area (Å²) < 4.78 is 0.624. The van der Waals surface area contributed by atoms with Crippen LogP contribution in [0.25, 0.3) is 0 Å². The standard InChI is InChI=1S/C14H15BrClNO3/c1-14(13(19)20)6-2-3-7-17(14)12(18)9-4-5-11(16)10(15)8-9/h4-5,8H,2-3,6-7H2,1H3,(H,19,20). The van der Waals surface area contributed by atoms with Gasteiger partial charge in [-0.05, 0) is 60.3 Å². The zero-order valence-electron chi connectivity index (χ0n) is 11.0. The first-order valence-electron chi connectivity index (χ1n) is 6.36. The lowest BCUT2D eigenvalue weighted by molar-refractivity contribution is -0.150. The summed E-state index contributed by atoms with van der Waals surface area (Å²) in [5.41, 5.74) is -0.697. The van der Waals surface area contributed by atoms with Gasteiger partial charge in [0.25, 0.3) is 5.91 Å². The van der Waals surface area contributed by atoms with Crippen LogP contribution in [0.4, 0.5) is 0 Å². The van der Waals surface area contributed by atoms with Crippen LogP contribution in [-0.2, 0) is 4.79 Å². The first kappa shape index (κ1) is 15.3. The number of benzene rings is 1. The number of hydrogen-bond donors (Lipinski definition) is 1. The monoisotopic (exact) mass is 359 g/mol. The molecule has 1 aromatic carbocycles. The highest BCUT2D eigenvalue weighted by Crippen LogP contribution is 2.31. The third kappa shape index (κ3) is 2.69. The molecule has 20 heavy (non-hydrogen) atoms. The topological polar surface area (TPSA) is 57.6 Å². The van der Waals surface area contributed by atoms with Gasteiger partial charge in [0.2, 0.25) is 0 Å². The molecule has 1 N–H and O–H groups in total. The van der Waals surface area contributed by atoms with Crippen molar-refractivity contribution in [3.63, 3.8) is 0 Å². The molecule has 108 valence electrons. The molecule has 2 rings (SSSR count). The van der Waals surface area contributed by atoms with Crippen LogP contribution in [0.3, 0.4) is 0 Å². The lowest BCUT2D eigenvalue weighted by Crippen LogP contribution is -2.57. The SMILES string of the molecule is CC1(C(=O)O)CCCCN1C(=O)c1ccc(Cl)c(Br)c1. The Morgan fingerprint density at radius 1 is 1.40 bits per heavy atom. The minimum Gasteiger partial charge on any atom is -0.480 e. The van der Waals surface area contributed by atoms with Crippen molar-refractivity contribution < 1.29 is 14.7 Å². The highest BCUT2D eigenvalue weighted by Gasteiger charge is 2.44. The van der Waals surface area contributed by atoms with E-state index in [1.807, 2.05) is 0 Å². The van der Waals surface area contributed by atoms with Crippen LogP contribution < -0.4 is 0 Å². The van der Waals surface area contributed by atoms with Gasteiger partial charge in [0.15, 0.2) is 0 Å². The Morgan fingerprint density at radius 3 is 2.70 bits per heavy atom. The van der Waals surface area contributed by atoms with Gasteiger partial charge in [-0.15, -0.1) is 0 Å². The molecule has 1 aliphatic heterocycles. The molecular weight excluding hydrogens is 346 g/mol. The summed E-state index contributed by atoms with van der Waals surface area (Å²) in [5, 5.41) is 9.95. The van der Waals surface area contributed by atoms with Gasteiger partial charge >= 0.3 is 5.97 Å². The average molecular weight is 361 g/mol. The van der Waals surface area contributed by atoms with Crippen LogP contribution >= 0.6 is 27.5 Å². The molecule has 4 nitrogen and oxygen atoms in total. The summed E-state index contributed by atoms with van der Waals surface area (Å²) in [6, 6.07) is 4.87. The van der Waals surface area contributed by atoms with Crippen molar-refractivity contribution in [3.05, 3.63) is 33.3 Å². The van der Waals surface area contributed by atoms with Crippen LogP contribution in [0, 0.1) is 0 Å². The summed E-state index contributed by atoms with van der Waals surface area (Å²) in [5.74, 6) is -1.23. The second kappa shape index (κ2) is 5.74. The summed E-state index contributed by atoms with van der Waals surface area (Å²) in [7, 11) is 0. The molecule has 1 amide bonds. The highest BCUT2D eigenvalue weighted by molar-refractivity contribution is 9.10. The van der Waals surface area contributed by atoms with Gasteiger partial charge in [0.1, 0.15) is 5.54 Å². The molecule has 0 aliphatic carbocycles. The van der Waals surface area contributed by atoms with Crippen molar-refractivity contribution in [2.24, 2.45) is 0 Å². The Bertz CT molecular complexity index is 563. The molecule has 0 aromatic heterocycles. The number of carbonyl (C=O) groups is 2. The largest absolute Gasteiger partial charge is 0.480 e. The number of aliphatic carboxylic acids is 1. The van der Waals surface area contributed by atoms with Crippen LogP contribution in [0.2, 0.25) is 5.02 Å². The van der Waals surface area contributed by atoms with Crippen LogP contribution in [0.15, 0.2) is 22.7 Å². The van der Waals surface area contributed by atoms with Crippen molar-refractivity contribution in [2.45, 2.75) is 31.7 Å². The van der Waals surface area contributed by atoms with E-state index in [2.05, 4.69) is 15.9 Å². The average Bonchev–Trinajstić information content (AvgIpc) is 2.41. The van der Waals surface area contributed by atoms with Crippen molar-refractivity contribution >= 4 is 39.4 Å². The van der Waals surface area contributed by atoms with E-state index in [9.17, 15) is 14.7 Å². The molecular formula is C14H15BrClNO3. The van der Waals surface area contributed by atoms with Gasteiger partial charge in [0.05, 0.1) is 5.02 Å². The fourth-order valence-electron chi connectivity index (χ4n) is 2.45. The lowest BCUT2D eigenvalue weighted by Gasteiger charge is -2.41. The number of amides is 1. The Labute approximate surface area is 130 Å². The molecule has 1 fully saturated rings. The van der Waals surface area contributed by atoms with Crippen molar-refractivity contribution in [2.75, 3.05) is 6.54 Å². The Hall–Kier alpha value is -1.07. The number of piperidine rings is 1. The second-order valence-electron chi connectivity index (χ2n) is 5.12. The van der Waals surface area contributed by atoms with E-state index in [0.717, 1.165) is 12.8 Å². The highest BCUT2D eigenvalue weighted by atomic mass is 79.9. The summed E-state index contributed by atoms with van der Waals surface area (Å²) in [4.78, 5) is 25.6.